The summed E-state index contributed by atoms with van der Waals surface area (Å²) in [5, 5.41) is 0. The van der Waals surface area contributed by atoms with Crippen molar-refractivity contribution < 1.29 is 14.3 Å². The van der Waals surface area contributed by atoms with E-state index in [-0.39, 0.29) is 24.2 Å². The van der Waals surface area contributed by atoms with Gasteiger partial charge in [-0.1, -0.05) is 30.3 Å². The molecule has 0 unspecified atom stereocenters. The number of ether oxygens (including phenoxy) is 1. The van der Waals surface area contributed by atoms with Crippen molar-refractivity contribution in [3.8, 4) is 0 Å². The van der Waals surface area contributed by atoms with Gasteiger partial charge in [-0.15, -0.1) is 0 Å². The highest BCUT2D eigenvalue weighted by Gasteiger charge is 2.20. The first-order valence-electron chi connectivity index (χ1n) is 8.10. The van der Waals surface area contributed by atoms with Crippen molar-refractivity contribution in [1.82, 2.24) is 4.90 Å². The number of carbonyl (C=O) groups is 2. The first-order chi connectivity index (χ1) is 10.7. The molecular formula is C18H25NO3. The second-order valence-electron chi connectivity index (χ2n) is 5.91. The fourth-order valence-corrected chi connectivity index (χ4v) is 2.70. The molecule has 1 saturated heterocycles. The Labute approximate surface area is 132 Å². The fraction of sp³-hybridized carbons (Fsp3) is 0.556. The Morgan fingerprint density at radius 2 is 2.00 bits per heavy atom. The summed E-state index contributed by atoms with van der Waals surface area (Å²) in [6.45, 7) is 1.40. The number of carbonyl (C=O) groups excluding carboxylic acids is 2. The largest absolute Gasteiger partial charge is 0.378 e. The second kappa shape index (κ2) is 8.69. The van der Waals surface area contributed by atoms with Gasteiger partial charge in [-0.3, -0.25) is 9.59 Å². The second-order valence-corrected chi connectivity index (χ2v) is 5.91. The maximum Gasteiger partial charge on any atom is 0.289 e. The van der Waals surface area contributed by atoms with Crippen molar-refractivity contribution in [2.24, 2.45) is 0 Å². The van der Waals surface area contributed by atoms with Crippen molar-refractivity contribution in [2.45, 2.75) is 44.6 Å². The van der Waals surface area contributed by atoms with E-state index in [0.717, 1.165) is 31.4 Å². The highest BCUT2D eigenvalue weighted by atomic mass is 16.5. The van der Waals surface area contributed by atoms with Gasteiger partial charge in [0.15, 0.2) is 0 Å². The summed E-state index contributed by atoms with van der Waals surface area (Å²) >= 11 is 0. The zero-order chi connectivity index (χ0) is 15.8. The lowest BCUT2D eigenvalue weighted by atomic mass is 10.1. The summed E-state index contributed by atoms with van der Waals surface area (Å²) in [6.07, 6.45) is 5.32. The molecule has 0 radical (unpaired) electrons. The van der Waals surface area contributed by atoms with E-state index in [0.29, 0.717) is 13.0 Å². The Balaban J connectivity index is 1.71. The Hall–Kier alpha value is -1.68. The molecule has 0 bridgehead atoms. The molecular weight excluding hydrogens is 278 g/mol. The smallest absolute Gasteiger partial charge is 0.289 e. The first kappa shape index (κ1) is 16.7. The van der Waals surface area contributed by atoms with E-state index in [1.807, 2.05) is 30.3 Å². The number of hydrogen-bond donors (Lipinski definition) is 0. The Kier molecular flexibility index (Phi) is 6.59. The zero-order valence-electron chi connectivity index (χ0n) is 13.3. The van der Waals surface area contributed by atoms with Crippen molar-refractivity contribution in [1.29, 1.82) is 0 Å². The van der Waals surface area contributed by atoms with Crippen LogP contribution in [0.3, 0.4) is 0 Å². The third-order valence-corrected chi connectivity index (χ3v) is 4.13. The highest BCUT2D eigenvalue weighted by molar-refractivity contribution is 6.36. The molecule has 4 heteroatoms. The van der Waals surface area contributed by atoms with Crippen LogP contribution in [0.25, 0.3) is 0 Å². The number of amides is 1. The van der Waals surface area contributed by atoms with Crippen molar-refractivity contribution in [3.63, 3.8) is 0 Å². The average molecular weight is 303 g/mol. The van der Waals surface area contributed by atoms with Gasteiger partial charge in [0, 0.05) is 26.6 Å². The molecule has 1 fully saturated rings. The standard InChI is InChI=1S/C18H25NO3/c1-19(13-12-16-9-5-6-14-22-16)18(21)17(20)11-10-15-7-3-2-4-8-15/h2-4,7-8,16H,5-6,9-14H2,1H3/t16-/m0/s1. The van der Waals surface area contributed by atoms with Crippen molar-refractivity contribution >= 4 is 11.7 Å². The van der Waals surface area contributed by atoms with Gasteiger partial charge in [0.1, 0.15) is 0 Å². The average Bonchev–Trinajstić information content (AvgIpc) is 2.58. The van der Waals surface area contributed by atoms with Crippen molar-refractivity contribution in [2.75, 3.05) is 20.2 Å². The van der Waals surface area contributed by atoms with E-state index in [1.165, 1.54) is 11.3 Å². The maximum absolute atomic E-state index is 12.1. The van der Waals surface area contributed by atoms with Crippen LogP contribution in [0.1, 0.15) is 37.7 Å². The molecule has 0 spiro atoms. The van der Waals surface area contributed by atoms with E-state index in [9.17, 15) is 9.59 Å². The summed E-state index contributed by atoms with van der Waals surface area (Å²) in [5.74, 6) is -0.692. The van der Waals surface area contributed by atoms with Gasteiger partial charge in [-0.2, -0.15) is 0 Å². The Morgan fingerprint density at radius 1 is 1.23 bits per heavy atom. The minimum absolute atomic E-state index is 0.239. The molecule has 0 saturated carbocycles. The molecule has 1 aromatic carbocycles. The van der Waals surface area contributed by atoms with Gasteiger partial charge in [-0.05, 0) is 37.7 Å². The molecule has 0 aliphatic carbocycles. The van der Waals surface area contributed by atoms with Gasteiger partial charge in [0.05, 0.1) is 6.10 Å². The number of Topliss-reactive ketones (excluding diaryl/α,β-unsaturated/α-hetero) is 1. The van der Waals surface area contributed by atoms with Crippen molar-refractivity contribution in [3.05, 3.63) is 35.9 Å². The normalized spacial score (nSPS) is 18.0. The minimum Gasteiger partial charge on any atom is -0.378 e. The van der Waals surface area contributed by atoms with E-state index in [2.05, 4.69) is 0 Å². The van der Waals surface area contributed by atoms with Crippen LogP contribution in [0.4, 0.5) is 0 Å². The number of ketones is 1. The minimum atomic E-state index is -0.383. The molecule has 1 aromatic rings. The fourth-order valence-electron chi connectivity index (χ4n) is 2.70. The van der Waals surface area contributed by atoms with Crippen LogP contribution in [-0.2, 0) is 20.7 Å². The van der Waals surface area contributed by atoms with E-state index in [1.54, 1.807) is 7.05 Å². The lowest BCUT2D eigenvalue weighted by molar-refractivity contribution is -0.144. The van der Waals surface area contributed by atoms with E-state index < -0.39 is 0 Å². The van der Waals surface area contributed by atoms with E-state index in [4.69, 9.17) is 4.74 Å². The van der Waals surface area contributed by atoms with Crippen LogP contribution >= 0.6 is 0 Å². The van der Waals surface area contributed by atoms with Crippen LogP contribution in [0.15, 0.2) is 30.3 Å². The van der Waals surface area contributed by atoms with Crippen LogP contribution in [0.2, 0.25) is 0 Å². The van der Waals surface area contributed by atoms with Gasteiger partial charge in [0.2, 0.25) is 5.78 Å². The number of nitrogens with zero attached hydrogens (tertiary/aromatic N) is 1. The predicted molar refractivity (Wildman–Crippen MR) is 85.6 cm³/mol. The summed E-state index contributed by atoms with van der Waals surface area (Å²) in [4.78, 5) is 25.6. The van der Waals surface area contributed by atoms with Gasteiger partial charge >= 0.3 is 0 Å². The van der Waals surface area contributed by atoms with Crippen LogP contribution in [0, 0.1) is 0 Å². The van der Waals surface area contributed by atoms with Crippen LogP contribution < -0.4 is 0 Å². The van der Waals surface area contributed by atoms with Crippen LogP contribution in [0.5, 0.6) is 0 Å². The molecule has 22 heavy (non-hydrogen) atoms. The quantitative estimate of drug-likeness (QED) is 0.727. The summed E-state index contributed by atoms with van der Waals surface area (Å²) < 4.78 is 5.65. The number of likely N-dealkylation sites (N-methyl/N-ethyl adjacent to an activating group) is 1. The third kappa shape index (κ3) is 5.26. The summed E-state index contributed by atoms with van der Waals surface area (Å²) in [5.41, 5.74) is 1.09. The molecule has 1 amide bonds. The van der Waals surface area contributed by atoms with Crippen LogP contribution in [-0.4, -0.2) is 42.9 Å². The zero-order valence-corrected chi connectivity index (χ0v) is 13.3. The lowest BCUT2D eigenvalue weighted by Gasteiger charge is -2.25. The molecule has 2 rings (SSSR count). The Morgan fingerprint density at radius 3 is 2.68 bits per heavy atom. The topological polar surface area (TPSA) is 46.6 Å². The number of hydrogen-bond acceptors (Lipinski definition) is 3. The molecule has 4 nitrogen and oxygen atoms in total. The Bertz CT molecular complexity index is 480. The van der Waals surface area contributed by atoms with E-state index >= 15 is 0 Å². The number of benzene rings is 1. The molecule has 1 atom stereocenters. The summed E-state index contributed by atoms with van der Waals surface area (Å²) in [7, 11) is 1.70. The highest BCUT2D eigenvalue weighted by Crippen LogP contribution is 2.15. The van der Waals surface area contributed by atoms with Gasteiger partial charge in [0.25, 0.3) is 5.91 Å². The third-order valence-electron chi connectivity index (χ3n) is 4.13. The lowest BCUT2D eigenvalue weighted by Crippen LogP contribution is -2.36. The number of rotatable bonds is 7. The molecule has 1 heterocycles. The SMILES string of the molecule is CN(CC[C@@H]1CCCCO1)C(=O)C(=O)CCc1ccccc1. The molecule has 1 aliphatic heterocycles. The summed E-state index contributed by atoms with van der Waals surface area (Å²) in [6, 6.07) is 9.78. The first-order valence-corrected chi connectivity index (χ1v) is 8.10. The predicted octanol–water partition coefficient (Wildman–Crippen LogP) is 2.61. The molecule has 0 N–H and O–H groups in total. The molecule has 120 valence electrons. The monoisotopic (exact) mass is 303 g/mol. The van der Waals surface area contributed by atoms with Gasteiger partial charge in [-0.25, -0.2) is 0 Å². The molecule has 0 aromatic heterocycles. The maximum atomic E-state index is 12.1. The number of aryl methyl sites for hydroxylation is 1. The molecule has 1 aliphatic rings. The van der Waals surface area contributed by atoms with Gasteiger partial charge < -0.3 is 9.64 Å².